The Hall–Kier alpha value is -0.900. The lowest BCUT2D eigenvalue weighted by Gasteiger charge is -2.27. The van der Waals surface area contributed by atoms with Crippen LogP contribution in [0, 0.1) is 5.92 Å². The molecule has 2 aliphatic rings. The maximum absolute atomic E-state index is 13.8. The summed E-state index contributed by atoms with van der Waals surface area (Å²) in [6, 6.07) is 0. The van der Waals surface area contributed by atoms with Crippen molar-refractivity contribution in [3.63, 3.8) is 0 Å². The number of ether oxygens (including phenoxy) is 2. The highest BCUT2D eigenvalue weighted by molar-refractivity contribution is 7.96. The fourth-order valence-electron chi connectivity index (χ4n) is 2.17. The van der Waals surface area contributed by atoms with E-state index in [1.54, 1.807) is 0 Å². The molecule has 0 N–H and O–H groups in total. The van der Waals surface area contributed by atoms with Crippen LogP contribution in [0.5, 0.6) is 0 Å². The van der Waals surface area contributed by atoms with E-state index >= 15 is 0 Å². The van der Waals surface area contributed by atoms with Crippen molar-refractivity contribution >= 4 is 24.0 Å². The van der Waals surface area contributed by atoms with Crippen molar-refractivity contribution in [1.29, 1.82) is 0 Å². The van der Waals surface area contributed by atoms with Gasteiger partial charge in [-0.1, -0.05) is 0 Å². The fraction of sp³-hybridized carbons (Fsp3) is 0.800. The first-order chi connectivity index (χ1) is 8.94. The van der Waals surface area contributed by atoms with E-state index in [1.807, 2.05) is 0 Å². The summed E-state index contributed by atoms with van der Waals surface area (Å²) in [5.41, 5.74) is 0. The zero-order valence-corrected chi connectivity index (χ0v) is 10.8. The van der Waals surface area contributed by atoms with Crippen molar-refractivity contribution in [2.24, 2.45) is 5.92 Å². The van der Waals surface area contributed by atoms with Gasteiger partial charge in [-0.25, -0.2) is 9.18 Å². The van der Waals surface area contributed by atoms with Gasteiger partial charge in [0, 0.05) is 6.42 Å². The zero-order chi connectivity index (χ0) is 14.0. The molecule has 9 heteroatoms. The molecule has 0 aromatic carbocycles. The first-order valence-corrected chi connectivity index (χ1v) is 6.43. The highest BCUT2D eigenvalue weighted by Gasteiger charge is 2.47. The number of carbonyl (C=O) groups excluding carboxylic acids is 2. The second kappa shape index (κ2) is 5.61. The zero-order valence-electron chi connectivity index (χ0n) is 10.00. The van der Waals surface area contributed by atoms with E-state index in [2.05, 4.69) is 9.37 Å². The first kappa shape index (κ1) is 14.5. The molecule has 2 fully saturated rings. The van der Waals surface area contributed by atoms with Crippen LogP contribution in [0.4, 0.5) is 4.39 Å². The number of carbonyl (C=O) groups is 2. The van der Waals surface area contributed by atoms with Crippen LogP contribution >= 0.6 is 12.0 Å². The van der Waals surface area contributed by atoms with Gasteiger partial charge in [0.05, 0.1) is 18.0 Å². The Labute approximate surface area is 112 Å². The molecule has 2 bridgehead atoms. The van der Waals surface area contributed by atoms with E-state index in [0.717, 1.165) is 6.92 Å². The quantitative estimate of drug-likeness (QED) is 0.307. The van der Waals surface area contributed by atoms with Crippen molar-refractivity contribution in [3.05, 3.63) is 0 Å². The lowest BCUT2D eigenvalue weighted by Crippen LogP contribution is -2.39. The van der Waals surface area contributed by atoms with Gasteiger partial charge in [0.15, 0.2) is 0 Å². The topological polar surface area (TPSA) is 94.1 Å². The Kier molecular flexibility index (Phi) is 4.29. The molecule has 19 heavy (non-hydrogen) atoms. The molecule has 1 aliphatic heterocycles. The van der Waals surface area contributed by atoms with Crippen molar-refractivity contribution in [1.82, 2.24) is 0 Å². The molecule has 0 radical (unpaired) electrons. The molecule has 1 saturated carbocycles. The van der Waals surface area contributed by atoms with Gasteiger partial charge in [-0.3, -0.25) is 9.83 Å². The molecule has 7 nitrogen and oxygen atoms in total. The molecule has 0 spiro atoms. The van der Waals surface area contributed by atoms with Crippen LogP contribution in [0.2, 0.25) is 0 Å². The average Bonchev–Trinajstić information content (AvgIpc) is 2.67. The molecule has 0 amide bonds. The number of esters is 2. The summed E-state index contributed by atoms with van der Waals surface area (Å²) in [4.78, 5) is 22.9. The van der Waals surface area contributed by atoms with Gasteiger partial charge in [-0.2, -0.15) is 4.33 Å². The summed E-state index contributed by atoms with van der Waals surface area (Å²) in [6.07, 6.45) is 0.273. The predicted molar refractivity (Wildman–Crippen MR) is 56.4 cm³/mol. The van der Waals surface area contributed by atoms with E-state index in [-0.39, 0.29) is 23.9 Å². The Balaban J connectivity index is 1.90. The summed E-state index contributed by atoms with van der Waals surface area (Å²) >= 11 is -0.0885. The minimum Gasteiger partial charge on any atom is -0.691 e. The number of hydrogen-bond donors (Lipinski definition) is 0. The monoisotopic (exact) mass is 295 g/mol. The lowest BCUT2D eigenvalue weighted by molar-refractivity contribution is -0.777. The van der Waals surface area contributed by atoms with Gasteiger partial charge in [0.2, 0.25) is 0 Å². The molecule has 4 atom stereocenters. The Morgan fingerprint density at radius 1 is 1.58 bits per heavy atom. The highest BCUT2D eigenvalue weighted by atomic mass is 32.2. The Morgan fingerprint density at radius 2 is 2.32 bits per heavy atom. The molecule has 1 heterocycles. The molecular weight excluding hydrogens is 283 g/mol. The van der Waals surface area contributed by atoms with E-state index in [0.29, 0.717) is 19.3 Å². The van der Waals surface area contributed by atoms with Crippen LogP contribution in [0.1, 0.15) is 26.2 Å². The largest absolute Gasteiger partial charge is 0.691 e. The second-order valence-electron chi connectivity index (χ2n) is 4.57. The number of hydrogen-bond acceptors (Lipinski definition) is 8. The maximum Gasteiger partial charge on any atom is 0.357 e. The summed E-state index contributed by atoms with van der Waals surface area (Å²) < 4.78 is 27.6. The minimum absolute atomic E-state index is 0.0885. The van der Waals surface area contributed by atoms with Gasteiger partial charge in [0.1, 0.15) is 12.2 Å². The third kappa shape index (κ3) is 3.16. The fourth-order valence-corrected chi connectivity index (χ4v) is 2.45. The molecule has 2 rings (SSSR count). The molecule has 1 aliphatic carbocycles. The van der Waals surface area contributed by atoms with Crippen molar-refractivity contribution in [3.8, 4) is 0 Å². The predicted octanol–water partition coefficient (Wildman–Crippen LogP) is 0.181. The van der Waals surface area contributed by atoms with Crippen molar-refractivity contribution in [2.75, 3.05) is 0 Å². The summed E-state index contributed by atoms with van der Waals surface area (Å²) in [6.45, 7) is 0.880. The van der Waals surface area contributed by atoms with E-state index in [9.17, 15) is 19.2 Å². The molecular formula is C10H12FO7S-. The van der Waals surface area contributed by atoms with Crippen LogP contribution in [0.3, 0.4) is 0 Å². The van der Waals surface area contributed by atoms with Gasteiger partial charge in [0.25, 0.3) is 5.00 Å². The Morgan fingerprint density at radius 3 is 3.00 bits per heavy atom. The SMILES string of the molecule is CC(F)(SOO[O-])C(=O)OC1CCC2CC1OC2=O. The normalized spacial score (nSPS) is 32.6. The van der Waals surface area contributed by atoms with Crippen LogP contribution in [0.25, 0.3) is 0 Å². The molecule has 0 aromatic rings. The first-order valence-electron chi connectivity index (χ1n) is 5.69. The summed E-state index contributed by atoms with van der Waals surface area (Å²) in [5, 5.41) is 10.0. The summed E-state index contributed by atoms with van der Waals surface area (Å²) in [7, 11) is 0. The molecule has 0 aromatic heterocycles. The van der Waals surface area contributed by atoms with Gasteiger partial charge in [-0.05, 0) is 19.8 Å². The lowest BCUT2D eigenvalue weighted by atomic mass is 9.88. The van der Waals surface area contributed by atoms with E-state index in [4.69, 9.17) is 9.47 Å². The molecule has 4 unspecified atom stereocenters. The van der Waals surface area contributed by atoms with Crippen molar-refractivity contribution < 1.29 is 38.1 Å². The molecule has 1 saturated heterocycles. The summed E-state index contributed by atoms with van der Waals surface area (Å²) in [5.74, 6) is -1.66. The van der Waals surface area contributed by atoms with Crippen LogP contribution < -0.4 is 5.26 Å². The third-order valence-electron chi connectivity index (χ3n) is 3.17. The smallest absolute Gasteiger partial charge is 0.357 e. The number of halogens is 1. The minimum atomic E-state index is -2.58. The number of alkyl halides is 1. The van der Waals surface area contributed by atoms with Gasteiger partial charge < -0.3 is 14.7 Å². The molecule has 108 valence electrons. The standard InChI is InChI=1S/C10H13FO7S/c1-10(11,19-18-17-14)9(13)16-6-3-2-5-4-7(6)15-8(5)12/h5-7,14H,2-4H2,1H3/p-1. The van der Waals surface area contributed by atoms with Crippen molar-refractivity contribution in [2.45, 2.75) is 43.4 Å². The average molecular weight is 295 g/mol. The number of fused-ring (bicyclic) bond motifs is 2. The maximum atomic E-state index is 13.8. The van der Waals surface area contributed by atoms with Gasteiger partial charge in [-0.15, -0.1) is 0 Å². The van der Waals surface area contributed by atoms with E-state index < -0.39 is 23.2 Å². The number of rotatable bonds is 5. The highest BCUT2D eigenvalue weighted by Crippen LogP contribution is 2.37. The Bertz CT molecular complexity index is 375. The van der Waals surface area contributed by atoms with Crippen LogP contribution in [-0.2, 0) is 28.4 Å². The third-order valence-corrected chi connectivity index (χ3v) is 3.78. The van der Waals surface area contributed by atoms with Crippen LogP contribution in [0.15, 0.2) is 0 Å². The van der Waals surface area contributed by atoms with E-state index in [1.165, 1.54) is 0 Å². The van der Waals surface area contributed by atoms with Crippen LogP contribution in [-0.4, -0.2) is 29.1 Å². The van der Waals surface area contributed by atoms with Gasteiger partial charge >= 0.3 is 11.9 Å². The second-order valence-corrected chi connectivity index (χ2v) is 5.63.